The summed E-state index contributed by atoms with van der Waals surface area (Å²) < 4.78 is 5.53. The van der Waals surface area contributed by atoms with Crippen LogP contribution in [-0.2, 0) is 0 Å². The van der Waals surface area contributed by atoms with Crippen molar-refractivity contribution in [3.05, 3.63) is 58.6 Å². The van der Waals surface area contributed by atoms with Crippen molar-refractivity contribution in [2.75, 3.05) is 12.3 Å². The summed E-state index contributed by atoms with van der Waals surface area (Å²) >= 11 is 6.04. The molecule has 1 unspecified atom stereocenters. The molecule has 0 bridgehead atoms. The van der Waals surface area contributed by atoms with Gasteiger partial charge in [-0.15, -0.1) is 0 Å². The number of fused-ring (bicyclic) bond motifs is 1. The van der Waals surface area contributed by atoms with Gasteiger partial charge < -0.3 is 15.8 Å². The van der Waals surface area contributed by atoms with Crippen molar-refractivity contribution >= 4 is 23.2 Å². The van der Waals surface area contributed by atoms with E-state index in [1.54, 1.807) is 18.2 Å². The van der Waals surface area contributed by atoms with Crippen LogP contribution in [0.4, 0.5) is 5.69 Å². The van der Waals surface area contributed by atoms with Crippen LogP contribution in [0.25, 0.3) is 0 Å². The molecule has 1 aliphatic heterocycles. The number of nitrogens with two attached hydrogens (primary N) is 1. The normalized spacial score (nSPS) is 16.4. The number of rotatable bonds is 2. The predicted molar refractivity (Wildman–Crippen MR) is 78.0 cm³/mol. The van der Waals surface area contributed by atoms with Crippen molar-refractivity contribution in [1.29, 1.82) is 0 Å². The van der Waals surface area contributed by atoms with E-state index in [4.69, 9.17) is 22.1 Å². The maximum Gasteiger partial charge on any atom is 0.253 e. The fraction of sp³-hybridized carbons (Fsp3) is 0.133. The van der Waals surface area contributed by atoms with Crippen LogP contribution in [-0.4, -0.2) is 12.5 Å². The molecular formula is C15H13ClN2O2. The second-order valence-corrected chi connectivity index (χ2v) is 5.02. The van der Waals surface area contributed by atoms with Gasteiger partial charge in [-0.1, -0.05) is 29.8 Å². The Kier molecular flexibility index (Phi) is 3.24. The smallest absolute Gasteiger partial charge is 0.253 e. The number of nitrogen functional groups attached to an aromatic ring is 1. The predicted octanol–water partition coefficient (Wildman–Crippen LogP) is 2.79. The third kappa shape index (κ3) is 2.30. The summed E-state index contributed by atoms with van der Waals surface area (Å²) in [6, 6.07) is 12.3. The molecule has 1 atom stereocenters. The first kappa shape index (κ1) is 12.8. The maximum atomic E-state index is 12.3. The molecule has 3 rings (SSSR count). The lowest BCUT2D eigenvalue weighted by molar-refractivity contribution is 0.0930. The number of para-hydroxylation sites is 1. The van der Waals surface area contributed by atoms with Gasteiger partial charge in [-0.05, 0) is 24.3 Å². The lowest BCUT2D eigenvalue weighted by Gasteiger charge is -2.12. The number of ether oxygens (including phenoxy) is 1. The van der Waals surface area contributed by atoms with Gasteiger partial charge in [0.1, 0.15) is 12.4 Å². The van der Waals surface area contributed by atoms with E-state index in [1.165, 1.54) is 0 Å². The first-order valence-electron chi connectivity index (χ1n) is 6.23. The Labute approximate surface area is 121 Å². The number of carbonyl (C=O) groups is 1. The van der Waals surface area contributed by atoms with Crippen molar-refractivity contribution in [1.82, 2.24) is 5.32 Å². The monoisotopic (exact) mass is 288 g/mol. The average Bonchev–Trinajstić information content (AvgIpc) is 2.82. The Morgan fingerprint density at radius 1 is 1.30 bits per heavy atom. The van der Waals surface area contributed by atoms with Crippen molar-refractivity contribution in [3.63, 3.8) is 0 Å². The molecule has 5 heteroatoms. The van der Waals surface area contributed by atoms with Gasteiger partial charge >= 0.3 is 0 Å². The minimum Gasteiger partial charge on any atom is -0.491 e. The summed E-state index contributed by atoms with van der Waals surface area (Å²) in [5.74, 6) is 0.571. The molecule has 2 aromatic carbocycles. The zero-order valence-corrected chi connectivity index (χ0v) is 11.4. The van der Waals surface area contributed by atoms with Gasteiger partial charge in [-0.25, -0.2) is 0 Å². The Morgan fingerprint density at radius 2 is 2.10 bits per heavy atom. The van der Waals surface area contributed by atoms with E-state index in [0.29, 0.717) is 22.9 Å². The number of halogens is 1. The minimum atomic E-state index is -0.236. The lowest BCUT2D eigenvalue weighted by Crippen LogP contribution is -2.29. The van der Waals surface area contributed by atoms with Crippen molar-refractivity contribution in [3.8, 4) is 5.75 Å². The van der Waals surface area contributed by atoms with Gasteiger partial charge in [0.25, 0.3) is 5.91 Å². The molecule has 0 radical (unpaired) electrons. The zero-order valence-electron chi connectivity index (χ0n) is 10.6. The van der Waals surface area contributed by atoms with Crippen molar-refractivity contribution in [2.45, 2.75) is 6.04 Å². The molecule has 1 amide bonds. The molecule has 3 N–H and O–H groups in total. The van der Waals surface area contributed by atoms with E-state index in [9.17, 15) is 4.79 Å². The molecule has 0 spiro atoms. The SMILES string of the molecule is Nc1ccc(C(=O)NC2COc3ccccc32)c(Cl)c1. The number of benzene rings is 2. The number of amides is 1. The van der Waals surface area contributed by atoms with Crippen LogP contribution in [0.15, 0.2) is 42.5 Å². The van der Waals surface area contributed by atoms with Gasteiger partial charge in [0.2, 0.25) is 0 Å². The second kappa shape index (κ2) is 5.06. The Morgan fingerprint density at radius 3 is 2.90 bits per heavy atom. The highest BCUT2D eigenvalue weighted by atomic mass is 35.5. The summed E-state index contributed by atoms with van der Waals surface area (Å²) in [6.07, 6.45) is 0. The summed E-state index contributed by atoms with van der Waals surface area (Å²) in [4.78, 5) is 12.3. The van der Waals surface area contributed by atoms with Gasteiger partial charge in [0, 0.05) is 11.3 Å². The molecule has 0 fully saturated rings. The van der Waals surface area contributed by atoms with Crippen LogP contribution in [0.1, 0.15) is 22.0 Å². The third-order valence-electron chi connectivity index (χ3n) is 3.24. The zero-order chi connectivity index (χ0) is 14.1. The molecule has 0 saturated carbocycles. The Balaban J connectivity index is 1.81. The molecule has 0 aliphatic carbocycles. The quantitative estimate of drug-likeness (QED) is 0.835. The van der Waals surface area contributed by atoms with Gasteiger partial charge in [-0.3, -0.25) is 4.79 Å². The second-order valence-electron chi connectivity index (χ2n) is 4.61. The van der Waals surface area contributed by atoms with Gasteiger partial charge in [-0.2, -0.15) is 0 Å². The van der Waals surface area contributed by atoms with Crippen molar-refractivity contribution < 1.29 is 9.53 Å². The fourth-order valence-electron chi connectivity index (χ4n) is 2.23. The number of carbonyl (C=O) groups excluding carboxylic acids is 1. The number of anilines is 1. The largest absolute Gasteiger partial charge is 0.491 e. The van der Waals surface area contributed by atoms with Crippen LogP contribution in [0.5, 0.6) is 5.75 Å². The highest BCUT2D eigenvalue weighted by Crippen LogP contribution is 2.32. The van der Waals surface area contributed by atoms with E-state index in [1.807, 2.05) is 24.3 Å². The maximum absolute atomic E-state index is 12.3. The topological polar surface area (TPSA) is 64.4 Å². The fourth-order valence-corrected chi connectivity index (χ4v) is 2.51. The highest BCUT2D eigenvalue weighted by Gasteiger charge is 2.25. The summed E-state index contributed by atoms with van der Waals surface area (Å²) in [5, 5.41) is 3.26. The van der Waals surface area contributed by atoms with E-state index in [0.717, 1.165) is 11.3 Å². The van der Waals surface area contributed by atoms with E-state index in [2.05, 4.69) is 5.32 Å². The van der Waals surface area contributed by atoms with Crippen LogP contribution in [0, 0.1) is 0 Å². The van der Waals surface area contributed by atoms with Crippen LogP contribution in [0.3, 0.4) is 0 Å². The molecule has 0 saturated heterocycles. The van der Waals surface area contributed by atoms with Crippen molar-refractivity contribution in [2.24, 2.45) is 0 Å². The third-order valence-corrected chi connectivity index (χ3v) is 3.56. The van der Waals surface area contributed by atoms with E-state index < -0.39 is 0 Å². The molecule has 102 valence electrons. The molecule has 2 aromatic rings. The summed E-state index contributed by atoms with van der Waals surface area (Å²) in [7, 11) is 0. The Hall–Kier alpha value is -2.20. The molecule has 20 heavy (non-hydrogen) atoms. The van der Waals surface area contributed by atoms with E-state index >= 15 is 0 Å². The first-order valence-corrected chi connectivity index (χ1v) is 6.60. The molecule has 4 nitrogen and oxygen atoms in total. The molecule has 1 heterocycles. The number of hydrogen-bond acceptors (Lipinski definition) is 3. The Bertz CT molecular complexity index is 673. The summed E-state index contributed by atoms with van der Waals surface area (Å²) in [6.45, 7) is 0.428. The van der Waals surface area contributed by atoms with Gasteiger partial charge in [0.05, 0.1) is 16.6 Å². The average molecular weight is 289 g/mol. The molecular weight excluding hydrogens is 276 g/mol. The van der Waals surface area contributed by atoms with Crippen LogP contribution in [0.2, 0.25) is 5.02 Å². The standard InChI is InChI=1S/C15H13ClN2O2/c16-12-7-9(17)5-6-10(12)15(19)18-13-8-20-14-4-2-1-3-11(13)14/h1-7,13H,8,17H2,(H,18,19). The molecule has 1 aliphatic rings. The number of hydrogen-bond donors (Lipinski definition) is 2. The summed E-state index contributed by atoms with van der Waals surface area (Å²) in [5.41, 5.74) is 7.53. The lowest BCUT2D eigenvalue weighted by atomic mass is 10.1. The first-order chi connectivity index (χ1) is 9.65. The minimum absolute atomic E-state index is 0.160. The number of nitrogens with one attached hydrogen (secondary N) is 1. The highest BCUT2D eigenvalue weighted by molar-refractivity contribution is 6.34. The van der Waals surface area contributed by atoms with Gasteiger partial charge in [0.15, 0.2) is 0 Å². The van der Waals surface area contributed by atoms with Crippen LogP contribution >= 0.6 is 11.6 Å². The van der Waals surface area contributed by atoms with Crippen LogP contribution < -0.4 is 15.8 Å². The van der Waals surface area contributed by atoms with E-state index in [-0.39, 0.29) is 11.9 Å². The molecule has 0 aromatic heterocycles.